The number of amides is 1. The normalized spacial score (nSPS) is 25.0. The van der Waals surface area contributed by atoms with Crippen LogP contribution in [0.1, 0.15) is 65.2 Å². The lowest BCUT2D eigenvalue weighted by molar-refractivity contribution is -0.133. The fourth-order valence-electron chi connectivity index (χ4n) is 3.81. The molecule has 0 bridgehead atoms. The third-order valence-corrected chi connectivity index (χ3v) is 6.94. The van der Waals surface area contributed by atoms with Gasteiger partial charge in [0.2, 0.25) is 5.91 Å². The van der Waals surface area contributed by atoms with Crippen LogP contribution in [-0.4, -0.2) is 42.2 Å². The fraction of sp³-hybridized carbons (Fsp3) is 0.944. The predicted molar refractivity (Wildman–Crippen MR) is 97.7 cm³/mol. The molecule has 1 heterocycles. The second-order valence-electron chi connectivity index (χ2n) is 7.48. The molecule has 134 valence electrons. The van der Waals surface area contributed by atoms with E-state index in [1.165, 1.54) is 32.1 Å². The van der Waals surface area contributed by atoms with Crippen molar-refractivity contribution >= 4 is 17.7 Å². The number of ether oxygens (including phenoxy) is 1. The van der Waals surface area contributed by atoms with Gasteiger partial charge in [-0.3, -0.25) is 4.79 Å². The second kappa shape index (κ2) is 9.28. The van der Waals surface area contributed by atoms with Crippen molar-refractivity contribution in [3.8, 4) is 0 Å². The van der Waals surface area contributed by atoms with Crippen molar-refractivity contribution < 1.29 is 9.53 Å². The fourth-order valence-corrected chi connectivity index (χ4v) is 5.47. The summed E-state index contributed by atoms with van der Waals surface area (Å²) >= 11 is 2.16. The average molecular weight is 343 g/mol. The van der Waals surface area contributed by atoms with Crippen LogP contribution in [0.15, 0.2) is 0 Å². The van der Waals surface area contributed by atoms with E-state index >= 15 is 0 Å². The van der Waals surface area contributed by atoms with Gasteiger partial charge in [-0.1, -0.05) is 26.2 Å². The molecule has 3 N–H and O–H groups in total. The van der Waals surface area contributed by atoms with Crippen LogP contribution in [0.4, 0.5) is 0 Å². The van der Waals surface area contributed by atoms with Gasteiger partial charge in [0.1, 0.15) is 0 Å². The Kier molecular flexibility index (Phi) is 7.70. The SMILES string of the molecule is CC(CC(C)SC1CCCCC1)NCC1(C(N)=O)CCOCC1. The maximum Gasteiger partial charge on any atom is 0.225 e. The number of hydrogen-bond acceptors (Lipinski definition) is 4. The number of primary amides is 1. The van der Waals surface area contributed by atoms with Gasteiger partial charge in [0.25, 0.3) is 0 Å². The van der Waals surface area contributed by atoms with E-state index in [2.05, 4.69) is 30.9 Å². The molecule has 0 aromatic rings. The van der Waals surface area contributed by atoms with E-state index in [-0.39, 0.29) is 5.91 Å². The topological polar surface area (TPSA) is 64.3 Å². The Labute approximate surface area is 145 Å². The first kappa shape index (κ1) is 19.1. The van der Waals surface area contributed by atoms with Crippen LogP contribution in [0.3, 0.4) is 0 Å². The maximum absolute atomic E-state index is 11.9. The Bertz CT molecular complexity index is 366. The number of rotatable bonds is 8. The summed E-state index contributed by atoms with van der Waals surface area (Å²) in [6.07, 6.45) is 9.64. The van der Waals surface area contributed by atoms with E-state index in [9.17, 15) is 4.79 Å². The summed E-state index contributed by atoms with van der Waals surface area (Å²) in [7, 11) is 0. The van der Waals surface area contributed by atoms with Gasteiger partial charge >= 0.3 is 0 Å². The van der Waals surface area contributed by atoms with Gasteiger partial charge in [0, 0.05) is 36.3 Å². The summed E-state index contributed by atoms with van der Waals surface area (Å²) in [6, 6.07) is 0.417. The lowest BCUT2D eigenvalue weighted by atomic mass is 9.79. The largest absolute Gasteiger partial charge is 0.381 e. The van der Waals surface area contributed by atoms with Gasteiger partial charge in [-0.25, -0.2) is 0 Å². The first-order valence-corrected chi connectivity index (χ1v) is 10.2. The predicted octanol–water partition coefficient (Wildman–Crippen LogP) is 3.09. The molecule has 1 saturated heterocycles. The molecule has 2 atom stereocenters. The zero-order chi connectivity index (χ0) is 16.7. The van der Waals surface area contributed by atoms with Crippen molar-refractivity contribution in [3.63, 3.8) is 0 Å². The summed E-state index contributed by atoms with van der Waals surface area (Å²) < 4.78 is 5.39. The molecule has 2 rings (SSSR count). The monoisotopic (exact) mass is 342 g/mol. The number of thioether (sulfide) groups is 1. The average Bonchev–Trinajstić information content (AvgIpc) is 2.54. The van der Waals surface area contributed by atoms with Crippen molar-refractivity contribution in [2.75, 3.05) is 19.8 Å². The third kappa shape index (κ3) is 5.95. The summed E-state index contributed by atoms with van der Waals surface area (Å²) in [5.41, 5.74) is 5.26. The number of hydrogen-bond donors (Lipinski definition) is 2. The van der Waals surface area contributed by atoms with Crippen molar-refractivity contribution in [1.29, 1.82) is 0 Å². The highest BCUT2D eigenvalue weighted by molar-refractivity contribution is 8.00. The first-order chi connectivity index (χ1) is 11.0. The van der Waals surface area contributed by atoms with E-state index in [1.807, 2.05) is 0 Å². The molecular formula is C18H34N2O2S. The van der Waals surface area contributed by atoms with Crippen LogP contribution in [0.25, 0.3) is 0 Å². The van der Waals surface area contributed by atoms with E-state index in [0.29, 0.717) is 31.1 Å². The Morgan fingerprint density at radius 3 is 2.52 bits per heavy atom. The standard InChI is InChI=1S/C18H34N2O2S/c1-14(12-15(2)23-16-6-4-3-5-7-16)20-13-18(17(19)21)8-10-22-11-9-18/h14-16,20H,3-13H2,1-2H3,(H2,19,21). The van der Waals surface area contributed by atoms with Gasteiger partial charge in [-0.15, -0.1) is 0 Å². The van der Waals surface area contributed by atoms with Gasteiger partial charge in [-0.2, -0.15) is 11.8 Å². The van der Waals surface area contributed by atoms with Gasteiger partial charge < -0.3 is 15.8 Å². The Morgan fingerprint density at radius 1 is 1.26 bits per heavy atom. The highest BCUT2D eigenvalue weighted by atomic mass is 32.2. The summed E-state index contributed by atoms with van der Waals surface area (Å²) in [4.78, 5) is 11.9. The van der Waals surface area contributed by atoms with Crippen molar-refractivity contribution in [1.82, 2.24) is 5.32 Å². The number of nitrogens with one attached hydrogen (secondary N) is 1. The first-order valence-electron chi connectivity index (χ1n) is 9.28. The van der Waals surface area contributed by atoms with Crippen LogP contribution in [0.5, 0.6) is 0 Å². The number of carbonyl (C=O) groups is 1. The summed E-state index contributed by atoms with van der Waals surface area (Å²) in [5, 5.41) is 5.10. The molecule has 0 aromatic heterocycles. The quantitative estimate of drug-likeness (QED) is 0.711. The van der Waals surface area contributed by atoms with Gasteiger partial charge in [-0.05, 0) is 39.0 Å². The van der Waals surface area contributed by atoms with Crippen LogP contribution >= 0.6 is 11.8 Å². The van der Waals surface area contributed by atoms with E-state index < -0.39 is 5.41 Å². The molecule has 0 aromatic carbocycles. The number of carbonyl (C=O) groups excluding carboxylic acids is 1. The summed E-state index contributed by atoms with van der Waals surface area (Å²) in [5.74, 6) is -0.176. The zero-order valence-corrected chi connectivity index (χ0v) is 15.6. The Morgan fingerprint density at radius 2 is 1.91 bits per heavy atom. The minimum atomic E-state index is -0.410. The highest BCUT2D eigenvalue weighted by Crippen LogP contribution is 2.33. The molecular weight excluding hydrogens is 308 g/mol. The molecule has 4 nitrogen and oxygen atoms in total. The van der Waals surface area contributed by atoms with E-state index in [1.54, 1.807) is 0 Å². The molecule has 2 unspecified atom stereocenters. The van der Waals surface area contributed by atoms with Crippen molar-refractivity contribution in [2.45, 2.75) is 81.8 Å². The molecule has 0 radical (unpaired) electrons. The molecule has 0 spiro atoms. The molecule has 1 saturated carbocycles. The minimum absolute atomic E-state index is 0.176. The summed E-state index contributed by atoms with van der Waals surface area (Å²) in [6.45, 7) is 6.55. The van der Waals surface area contributed by atoms with Crippen molar-refractivity contribution in [2.24, 2.45) is 11.1 Å². The highest BCUT2D eigenvalue weighted by Gasteiger charge is 2.38. The Balaban J connectivity index is 1.72. The molecule has 1 aliphatic carbocycles. The molecule has 2 fully saturated rings. The van der Waals surface area contributed by atoms with Crippen molar-refractivity contribution in [3.05, 3.63) is 0 Å². The van der Waals surface area contributed by atoms with E-state index in [0.717, 1.165) is 24.5 Å². The third-order valence-electron chi connectivity index (χ3n) is 5.42. The molecule has 1 aliphatic heterocycles. The van der Waals surface area contributed by atoms with E-state index in [4.69, 9.17) is 10.5 Å². The molecule has 2 aliphatic rings. The van der Waals surface area contributed by atoms with Crippen LogP contribution in [0, 0.1) is 5.41 Å². The molecule has 5 heteroatoms. The minimum Gasteiger partial charge on any atom is -0.381 e. The van der Waals surface area contributed by atoms with Gasteiger partial charge in [0.05, 0.1) is 5.41 Å². The Hall–Kier alpha value is -0.260. The lowest BCUT2D eigenvalue weighted by Crippen LogP contribution is -2.50. The number of nitrogens with two attached hydrogens (primary N) is 1. The second-order valence-corrected chi connectivity index (χ2v) is 9.22. The van der Waals surface area contributed by atoms with Crippen LogP contribution < -0.4 is 11.1 Å². The van der Waals surface area contributed by atoms with Crippen LogP contribution in [-0.2, 0) is 9.53 Å². The molecule has 23 heavy (non-hydrogen) atoms. The maximum atomic E-state index is 11.9. The van der Waals surface area contributed by atoms with Crippen LogP contribution in [0.2, 0.25) is 0 Å². The van der Waals surface area contributed by atoms with Gasteiger partial charge in [0.15, 0.2) is 0 Å². The lowest BCUT2D eigenvalue weighted by Gasteiger charge is -2.35. The molecule has 1 amide bonds. The zero-order valence-electron chi connectivity index (χ0n) is 14.8. The smallest absolute Gasteiger partial charge is 0.225 e.